The standard InChI is InChI=1S/C28H37N5O5/c29-13-4-2-1-3-6-20-9-10-24-23(17-20)28(38)32(15-12-27(36)37)19-26(35)33(24)18-21-7-5-8-22(16-21)31-25(34)11-14-30/h5,7-10,16-17H,1-4,6,11-15,18-19,29-30H2,(H,31,34)(H,36,37). The fourth-order valence-electron chi connectivity index (χ4n) is 4.47. The van der Waals surface area contributed by atoms with Gasteiger partial charge in [-0.1, -0.05) is 31.0 Å². The van der Waals surface area contributed by atoms with Gasteiger partial charge in [0.2, 0.25) is 11.8 Å². The lowest BCUT2D eigenvalue weighted by Crippen LogP contribution is -2.40. The molecule has 0 aliphatic carbocycles. The molecule has 1 heterocycles. The third kappa shape index (κ3) is 8.12. The van der Waals surface area contributed by atoms with E-state index in [0.717, 1.165) is 43.2 Å². The largest absolute Gasteiger partial charge is 0.481 e. The summed E-state index contributed by atoms with van der Waals surface area (Å²) >= 11 is 0. The van der Waals surface area contributed by atoms with E-state index in [1.165, 1.54) is 4.90 Å². The number of hydrogen-bond acceptors (Lipinski definition) is 6. The van der Waals surface area contributed by atoms with Crippen molar-refractivity contribution in [3.8, 4) is 0 Å². The summed E-state index contributed by atoms with van der Waals surface area (Å²) in [6, 6.07) is 12.7. The van der Waals surface area contributed by atoms with Gasteiger partial charge in [-0.15, -0.1) is 0 Å². The molecule has 1 aliphatic heterocycles. The maximum atomic E-state index is 13.5. The molecule has 3 amide bonds. The number of amides is 3. The third-order valence-electron chi connectivity index (χ3n) is 6.43. The minimum Gasteiger partial charge on any atom is -0.481 e. The smallest absolute Gasteiger partial charge is 0.305 e. The second kappa shape index (κ2) is 14.3. The fourth-order valence-corrected chi connectivity index (χ4v) is 4.47. The number of carbonyl (C=O) groups excluding carboxylic acids is 3. The molecule has 0 saturated heterocycles. The van der Waals surface area contributed by atoms with Gasteiger partial charge >= 0.3 is 5.97 Å². The van der Waals surface area contributed by atoms with Crippen molar-refractivity contribution in [1.29, 1.82) is 0 Å². The molecule has 3 rings (SSSR count). The number of anilines is 2. The van der Waals surface area contributed by atoms with Gasteiger partial charge in [0.25, 0.3) is 5.91 Å². The van der Waals surface area contributed by atoms with E-state index in [9.17, 15) is 19.2 Å². The van der Waals surface area contributed by atoms with E-state index in [2.05, 4.69) is 5.32 Å². The maximum absolute atomic E-state index is 13.5. The van der Waals surface area contributed by atoms with Crippen LogP contribution in [-0.2, 0) is 27.3 Å². The van der Waals surface area contributed by atoms with E-state index in [0.29, 0.717) is 23.5 Å². The lowest BCUT2D eigenvalue weighted by atomic mass is 10.0. The predicted octanol–water partition coefficient (Wildman–Crippen LogP) is 2.50. The zero-order valence-corrected chi connectivity index (χ0v) is 21.7. The number of nitrogens with one attached hydrogen (secondary N) is 1. The Labute approximate surface area is 223 Å². The Bertz CT molecular complexity index is 1150. The number of carboxylic acids is 1. The SMILES string of the molecule is NCCCCCCc1ccc2c(c1)C(=O)N(CCC(=O)O)CC(=O)N2Cc1cccc(NC(=O)CCN)c1. The van der Waals surface area contributed by atoms with E-state index < -0.39 is 5.97 Å². The highest BCUT2D eigenvalue weighted by atomic mass is 16.4. The number of hydrogen-bond donors (Lipinski definition) is 4. The summed E-state index contributed by atoms with van der Waals surface area (Å²) in [5, 5.41) is 12.0. The Morgan fingerprint density at radius 2 is 1.71 bits per heavy atom. The van der Waals surface area contributed by atoms with Crippen LogP contribution in [0.3, 0.4) is 0 Å². The molecule has 6 N–H and O–H groups in total. The molecule has 0 aromatic heterocycles. The Morgan fingerprint density at radius 3 is 2.45 bits per heavy atom. The van der Waals surface area contributed by atoms with Crippen LogP contribution in [0.5, 0.6) is 0 Å². The molecule has 2 aromatic rings. The number of carbonyl (C=O) groups is 4. The van der Waals surface area contributed by atoms with Gasteiger partial charge in [0.1, 0.15) is 6.54 Å². The molecule has 2 aromatic carbocycles. The van der Waals surface area contributed by atoms with Crippen LogP contribution in [0.1, 0.15) is 60.0 Å². The summed E-state index contributed by atoms with van der Waals surface area (Å²) in [6.07, 6.45) is 4.77. The van der Waals surface area contributed by atoms with Crippen molar-refractivity contribution in [2.75, 3.05) is 36.4 Å². The molecule has 204 valence electrons. The molecule has 0 bridgehead atoms. The number of rotatable bonds is 14. The van der Waals surface area contributed by atoms with Crippen molar-refractivity contribution in [2.45, 2.75) is 51.5 Å². The molecule has 10 heteroatoms. The Balaban J connectivity index is 1.88. The van der Waals surface area contributed by atoms with Crippen LogP contribution in [0.15, 0.2) is 42.5 Å². The van der Waals surface area contributed by atoms with Crippen molar-refractivity contribution in [1.82, 2.24) is 4.90 Å². The number of aryl methyl sites for hydroxylation is 1. The quantitative estimate of drug-likeness (QED) is 0.277. The molecular formula is C28H37N5O5. The highest BCUT2D eigenvalue weighted by Crippen LogP contribution is 2.29. The number of carboxylic acid groups (broad SMARTS) is 1. The summed E-state index contributed by atoms with van der Waals surface area (Å²) in [5.74, 6) is -1.90. The highest BCUT2D eigenvalue weighted by molar-refractivity contribution is 6.09. The highest BCUT2D eigenvalue weighted by Gasteiger charge is 2.32. The summed E-state index contributed by atoms with van der Waals surface area (Å²) in [5.41, 5.74) is 14.2. The normalized spacial score (nSPS) is 13.3. The van der Waals surface area contributed by atoms with E-state index in [1.807, 2.05) is 18.2 Å². The summed E-state index contributed by atoms with van der Waals surface area (Å²) in [4.78, 5) is 52.9. The number of unbranched alkanes of at least 4 members (excludes halogenated alkanes) is 3. The minimum absolute atomic E-state index is 0.0564. The average molecular weight is 524 g/mol. The minimum atomic E-state index is -1.04. The molecule has 0 fully saturated rings. The molecule has 1 aliphatic rings. The van der Waals surface area contributed by atoms with E-state index in [1.54, 1.807) is 29.2 Å². The van der Waals surface area contributed by atoms with Gasteiger partial charge in [0.15, 0.2) is 0 Å². The first kappa shape index (κ1) is 28.8. The van der Waals surface area contributed by atoms with Crippen molar-refractivity contribution in [3.63, 3.8) is 0 Å². The maximum Gasteiger partial charge on any atom is 0.305 e. The number of nitrogens with two attached hydrogens (primary N) is 2. The summed E-state index contributed by atoms with van der Waals surface area (Å²) in [7, 11) is 0. The zero-order valence-electron chi connectivity index (χ0n) is 21.7. The number of fused-ring (bicyclic) bond motifs is 1. The van der Waals surface area contributed by atoms with Crippen molar-refractivity contribution >= 4 is 35.1 Å². The number of aliphatic carboxylic acids is 1. The Kier molecular flexibility index (Phi) is 10.8. The Morgan fingerprint density at radius 1 is 0.921 bits per heavy atom. The van der Waals surface area contributed by atoms with Crippen LogP contribution in [0.2, 0.25) is 0 Å². The van der Waals surface area contributed by atoms with Gasteiger partial charge in [-0.05, 0) is 61.2 Å². The van der Waals surface area contributed by atoms with E-state index in [-0.39, 0.29) is 56.7 Å². The van der Waals surface area contributed by atoms with Crippen LogP contribution >= 0.6 is 0 Å². The zero-order chi connectivity index (χ0) is 27.5. The predicted molar refractivity (Wildman–Crippen MR) is 146 cm³/mol. The molecule has 0 radical (unpaired) electrons. The van der Waals surface area contributed by atoms with Gasteiger partial charge < -0.3 is 31.7 Å². The van der Waals surface area contributed by atoms with E-state index in [4.69, 9.17) is 16.6 Å². The van der Waals surface area contributed by atoms with Gasteiger partial charge in [-0.3, -0.25) is 19.2 Å². The average Bonchev–Trinajstić information content (AvgIpc) is 2.98. The molecule has 0 unspecified atom stereocenters. The van der Waals surface area contributed by atoms with Gasteiger partial charge in [0, 0.05) is 25.2 Å². The topological polar surface area (TPSA) is 159 Å². The lowest BCUT2D eigenvalue weighted by Gasteiger charge is -2.23. The molecular weight excluding hydrogens is 486 g/mol. The van der Waals surface area contributed by atoms with E-state index >= 15 is 0 Å². The van der Waals surface area contributed by atoms with Crippen LogP contribution in [-0.4, -0.2) is 59.9 Å². The lowest BCUT2D eigenvalue weighted by molar-refractivity contribution is -0.137. The molecule has 10 nitrogen and oxygen atoms in total. The first-order valence-corrected chi connectivity index (χ1v) is 13.1. The van der Waals surface area contributed by atoms with Crippen LogP contribution in [0.4, 0.5) is 11.4 Å². The van der Waals surface area contributed by atoms with Crippen LogP contribution in [0, 0.1) is 0 Å². The van der Waals surface area contributed by atoms with Crippen LogP contribution in [0.25, 0.3) is 0 Å². The van der Waals surface area contributed by atoms with Crippen LogP contribution < -0.4 is 21.7 Å². The first-order chi connectivity index (χ1) is 18.3. The van der Waals surface area contributed by atoms with Crippen molar-refractivity contribution < 1.29 is 24.3 Å². The molecule has 38 heavy (non-hydrogen) atoms. The first-order valence-electron chi connectivity index (χ1n) is 13.1. The Hall–Kier alpha value is -3.76. The number of benzene rings is 2. The van der Waals surface area contributed by atoms with Crippen molar-refractivity contribution in [3.05, 3.63) is 59.2 Å². The molecule has 0 spiro atoms. The van der Waals surface area contributed by atoms with Crippen molar-refractivity contribution in [2.24, 2.45) is 11.5 Å². The summed E-state index contributed by atoms with van der Waals surface area (Å²) in [6.45, 7) is 0.825. The number of nitrogens with zero attached hydrogens (tertiary/aromatic N) is 2. The van der Waals surface area contributed by atoms with Gasteiger partial charge in [-0.25, -0.2) is 0 Å². The summed E-state index contributed by atoms with van der Waals surface area (Å²) < 4.78 is 0. The monoisotopic (exact) mass is 523 g/mol. The second-order valence-corrected chi connectivity index (χ2v) is 9.44. The molecule has 0 saturated carbocycles. The van der Waals surface area contributed by atoms with Gasteiger partial charge in [0.05, 0.1) is 24.2 Å². The van der Waals surface area contributed by atoms with Gasteiger partial charge in [-0.2, -0.15) is 0 Å². The fraction of sp³-hybridized carbons (Fsp3) is 0.429. The molecule has 0 atom stereocenters. The third-order valence-corrected chi connectivity index (χ3v) is 6.43. The second-order valence-electron chi connectivity index (χ2n) is 9.44.